The van der Waals surface area contributed by atoms with Gasteiger partial charge in [0.1, 0.15) is 23.9 Å². The summed E-state index contributed by atoms with van der Waals surface area (Å²) >= 11 is 0. The molecule has 2 aromatic rings. The average molecular weight is 440 g/mol. The van der Waals surface area contributed by atoms with Crippen LogP contribution in [0.4, 0.5) is 14.5 Å². The number of benzene rings is 1. The number of hydrogen-bond acceptors (Lipinski definition) is 6. The number of nitrogens with one attached hydrogen (secondary N) is 2. The van der Waals surface area contributed by atoms with Gasteiger partial charge in [-0.05, 0) is 25.5 Å². The van der Waals surface area contributed by atoms with Crippen molar-refractivity contribution in [2.24, 2.45) is 4.99 Å². The second-order valence-electron chi connectivity index (χ2n) is 6.34. The highest BCUT2D eigenvalue weighted by atomic mass is 19.3. The zero-order valence-electron chi connectivity index (χ0n) is 17.4. The van der Waals surface area contributed by atoms with E-state index in [0.717, 1.165) is 6.42 Å². The Labute approximate surface area is 178 Å². The van der Waals surface area contributed by atoms with E-state index < -0.39 is 11.5 Å². The number of guanidine groups is 1. The van der Waals surface area contributed by atoms with Crippen LogP contribution in [0, 0.1) is 10.1 Å². The first-order valence-corrected chi connectivity index (χ1v) is 9.82. The molecular weight excluding hydrogens is 414 g/mol. The summed E-state index contributed by atoms with van der Waals surface area (Å²) in [5.41, 5.74) is 0.391. The van der Waals surface area contributed by atoms with Crippen LogP contribution in [0.3, 0.4) is 0 Å². The summed E-state index contributed by atoms with van der Waals surface area (Å²) in [5.74, 6) is 0.911. The predicted octanol–water partition coefficient (Wildman–Crippen LogP) is 2.94. The third kappa shape index (κ3) is 8.07. The number of hydrogen-bond donors (Lipinski definition) is 2. The van der Waals surface area contributed by atoms with Crippen molar-refractivity contribution in [3.05, 3.63) is 46.3 Å². The van der Waals surface area contributed by atoms with Crippen LogP contribution in [0.25, 0.3) is 0 Å². The fraction of sp³-hybridized carbons (Fsp3) is 0.474. The van der Waals surface area contributed by atoms with Gasteiger partial charge in [0, 0.05) is 24.7 Å². The van der Waals surface area contributed by atoms with E-state index in [1.807, 2.05) is 13.8 Å². The first kappa shape index (κ1) is 23.8. The normalized spacial score (nSPS) is 11.5. The van der Waals surface area contributed by atoms with Crippen LogP contribution in [0.2, 0.25) is 0 Å². The molecule has 0 saturated heterocycles. The zero-order valence-corrected chi connectivity index (χ0v) is 17.4. The Bertz CT molecular complexity index is 875. The number of aromatic nitrogens is 2. The Morgan fingerprint density at radius 2 is 2.16 bits per heavy atom. The Morgan fingerprint density at radius 1 is 1.35 bits per heavy atom. The highest BCUT2D eigenvalue weighted by molar-refractivity contribution is 5.79. The van der Waals surface area contributed by atoms with E-state index in [-0.39, 0.29) is 18.0 Å². The molecule has 2 rings (SSSR count). The van der Waals surface area contributed by atoms with Gasteiger partial charge in [0.25, 0.3) is 0 Å². The number of ether oxygens (including phenoxy) is 2. The van der Waals surface area contributed by atoms with E-state index in [1.165, 1.54) is 23.1 Å². The minimum atomic E-state index is -2.96. The SMILES string of the molecule is CCCOc1ccc(CN=C(NCC)NCCn2cc([N+](=O)[O-])cn2)c(OC(F)F)c1. The van der Waals surface area contributed by atoms with E-state index in [9.17, 15) is 18.9 Å². The minimum absolute atomic E-state index is 0.00653. The molecule has 1 aromatic carbocycles. The lowest BCUT2D eigenvalue weighted by Gasteiger charge is -2.14. The van der Waals surface area contributed by atoms with E-state index in [4.69, 9.17) is 4.74 Å². The molecule has 0 atom stereocenters. The van der Waals surface area contributed by atoms with Gasteiger partial charge in [-0.1, -0.05) is 6.92 Å². The van der Waals surface area contributed by atoms with Gasteiger partial charge in [0.2, 0.25) is 0 Å². The van der Waals surface area contributed by atoms with Gasteiger partial charge >= 0.3 is 12.3 Å². The van der Waals surface area contributed by atoms with E-state index in [2.05, 4.69) is 25.5 Å². The number of nitro groups is 1. The van der Waals surface area contributed by atoms with Crippen molar-refractivity contribution in [3.8, 4) is 11.5 Å². The van der Waals surface area contributed by atoms with Gasteiger partial charge in [-0.3, -0.25) is 14.8 Å². The predicted molar refractivity (Wildman–Crippen MR) is 111 cm³/mol. The van der Waals surface area contributed by atoms with Crippen molar-refractivity contribution in [2.75, 3.05) is 19.7 Å². The summed E-state index contributed by atoms with van der Waals surface area (Å²) in [5, 5.41) is 20.8. The van der Waals surface area contributed by atoms with Crippen molar-refractivity contribution in [2.45, 2.75) is 40.0 Å². The van der Waals surface area contributed by atoms with E-state index >= 15 is 0 Å². The van der Waals surface area contributed by atoms with Crippen LogP contribution in [-0.2, 0) is 13.1 Å². The third-order valence-electron chi connectivity index (χ3n) is 3.94. The van der Waals surface area contributed by atoms with Crippen LogP contribution in [0.1, 0.15) is 25.8 Å². The molecule has 0 fully saturated rings. The topological polar surface area (TPSA) is 116 Å². The molecule has 0 radical (unpaired) electrons. The molecule has 0 bridgehead atoms. The lowest BCUT2D eigenvalue weighted by Crippen LogP contribution is -2.38. The maximum atomic E-state index is 12.8. The third-order valence-corrected chi connectivity index (χ3v) is 3.94. The summed E-state index contributed by atoms with van der Waals surface area (Å²) < 4.78 is 37.2. The molecule has 2 N–H and O–H groups in total. The molecule has 170 valence electrons. The Morgan fingerprint density at radius 3 is 2.81 bits per heavy atom. The van der Waals surface area contributed by atoms with Gasteiger partial charge in [-0.25, -0.2) is 4.99 Å². The monoisotopic (exact) mass is 440 g/mol. The van der Waals surface area contributed by atoms with Crippen molar-refractivity contribution in [1.29, 1.82) is 0 Å². The number of alkyl halides is 2. The molecule has 12 heteroatoms. The summed E-state index contributed by atoms with van der Waals surface area (Å²) in [6, 6.07) is 4.75. The summed E-state index contributed by atoms with van der Waals surface area (Å²) in [6.45, 7) is 2.80. The van der Waals surface area contributed by atoms with E-state index in [0.29, 0.717) is 43.5 Å². The smallest absolute Gasteiger partial charge is 0.387 e. The molecular formula is C19H26F2N6O4. The summed E-state index contributed by atoms with van der Waals surface area (Å²) in [6.07, 6.45) is 3.31. The Balaban J connectivity index is 2.02. The largest absolute Gasteiger partial charge is 0.493 e. The van der Waals surface area contributed by atoms with Crippen molar-refractivity contribution < 1.29 is 23.2 Å². The minimum Gasteiger partial charge on any atom is -0.493 e. The highest BCUT2D eigenvalue weighted by Gasteiger charge is 2.12. The first-order chi connectivity index (χ1) is 14.9. The van der Waals surface area contributed by atoms with Crippen molar-refractivity contribution >= 4 is 11.6 Å². The standard InChI is InChI=1S/C19H26F2N6O4/c1-3-9-30-16-6-5-14(17(10-16)31-18(20)21)11-24-19(22-4-2)23-7-8-26-13-15(12-25-26)27(28)29/h5-6,10,12-13,18H,3-4,7-9,11H2,1-2H3,(H2,22,23,24). The molecule has 1 aromatic heterocycles. The lowest BCUT2D eigenvalue weighted by atomic mass is 10.2. The van der Waals surface area contributed by atoms with Gasteiger partial charge in [0.05, 0.1) is 24.6 Å². The van der Waals surface area contributed by atoms with Crippen molar-refractivity contribution in [1.82, 2.24) is 20.4 Å². The summed E-state index contributed by atoms with van der Waals surface area (Å²) in [4.78, 5) is 14.6. The first-order valence-electron chi connectivity index (χ1n) is 9.82. The zero-order chi connectivity index (χ0) is 22.6. The molecule has 0 spiro atoms. The van der Waals surface area contributed by atoms with Gasteiger partial charge < -0.3 is 20.1 Å². The van der Waals surface area contributed by atoms with Crippen LogP contribution in [0.5, 0.6) is 11.5 Å². The molecule has 0 aliphatic rings. The fourth-order valence-electron chi connectivity index (χ4n) is 2.54. The maximum absolute atomic E-state index is 12.8. The van der Waals surface area contributed by atoms with Gasteiger partial charge in [-0.15, -0.1) is 0 Å². The lowest BCUT2D eigenvalue weighted by molar-refractivity contribution is -0.385. The number of rotatable bonds is 12. The molecule has 31 heavy (non-hydrogen) atoms. The Hall–Kier alpha value is -3.44. The van der Waals surface area contributed by atoms with Crippen LogP contribution in [0.15, 0.2) is 35.6 Å². The van der Waals surface area contributed by atoms with Gasteiger partial charge in [0.15, 0.2) is 5.96 Å². The van der Waals surface area contributed by atoms with Gasteiger partial charge in [-0.2, -0.15) is 13.9 Å². The second kappa shape index (κ2) is 12.3. The molecule has 0 amide bonds. The number of nitrogens with zero attached hydrogens (tertiary/aromatic N) is 4. The number of aliphatic imine (C=N–C) groups is 1. The maximum Gasteiger partial charge on any atom is 0.387 e. The molecule has 0 saturated carbocycles. The molecule has 0 aliphatic heterocycles. The quantitative estimate of drug-likeness (QED) is 0.226. The average Bonchev–Trinajstić information content (AvgIpc) is 3.20. The van der Waals surface area contributed by atoms with E-state index in [1.54, 1.807) is 12.1 Å². The summed E-state index contributed by atoms with van der Waals surface area (Å²) in [7, 11) is 0. The Kier molecular flexibility index (Phi) is 9.46. The molecule has 0 aliphatic carbocycles. The van der Waals surface area contributed by atoms with Crippen molar-refractivity contribution in [3.63, 3.8) is 0 Å². The van der Waals surface area contributed by atoms with Crippen LogP contribution < -0.4 is 20.1 Å². The van der Waals surface area contributed by atoms with Crippen LogP contribution >= 0.6 is 0 Å². The van der Waals surface area contributed by atoms with Crippen LogP contribution in [-0.4, -0.2) is 47.0 Å². The molecule has 10 nitrogen and oxygen atoms in total. The highest BCUT2D eigenvalue weighted by Crippen LogP contribution is 2.27. The molecule has 0 unspecified atom stereocenters. The molecule has 1 heterocycles. The second-order valence-corrected chi connectivity index (χ2v) is 6.34. The fourth-order valence-corrected chi connectivity index (χ4v) is 2.54. The number of halogens is 2.